The maximum atomic E-state index is 11.3. The van der Waals surface area contributed by atoms with Gasteiger partial charge in [-0.1, -0.05) is 0 Å². The van der Waals surface area contributed by atoms with Crippen LogP contribution in [0.5, 0.6) is 0 Å². The van der Waals surface area contributed by atoms with Crippen LogP contribution in [0.2, 0.25) is 0 Å². The highest BCUT2D eigenvalue weighted by Gasteiger charge is 2.41. The molecule has 2 rings (SSSR count). The van der Waals surface area contributed by atoms with Gasteiger partial charge in [-0.2, -0.15) is 0 Å². The van der Waals surface area contributed by atoms with Crippen molar-refractivity contribution in [3.05, 3.63) is 18.2 Å². The number of carbonyl (C=O) groups excluding carboxylic acids is 2. The van der Waals surface area contributed by atoms with Crippen molar-refractivity contribution >= 4 is 11.9 Å². The largest absolute Gasteiger partial charge is 0.453 e. The fraction of sp³-hybridized carbons (Fsp3) is 0.444. The maximum absolute atomic E-state index is 11.3. The van der Waals surface area contributed by atoms with Crippen molar-refractivity contribution < 1.29 is 14.3 Å². The number of likely N-dealkylation sites (tertiary alicyclic amines) is 1. The van der Waals surface area contributed by atoms with Crippen LogP contribution in [-0.2, 0) is 16.0 Å². The lowest BCUT2D eigenvalue weighted by Crippen LogP contribution is -2.60. The first-order valence-corrected chi connectivity index (χ1v) is 4.57. The molecule has 0 aliphatic carbocycles. The van der Waals surface area contributed by atoms with Gasteiger partial charge >= 0.3 is 6.09 Å². The third-order valence-corrected chi connectivity index (χ3v) is 2.45. The molecule has 0 unspecified atom stereocenters. The zero-order valence-electron chi connectivity index (χ0n) is 8.27. The van der Waals surface area contributed by atoms with Crippen LogP contribution in [0.3, 0.4) is 0 Å². The SMILES string of the molecule is COC(=O)N1CC(=O)[C@@H]1Cc1cnc[nH]1. The summed E-state index contributed by atoms with van der Waals surface area (Å²) < 4.78 is 4.56. The molecular formula is C9H11N3O3. The number of hydrogen-bond donors (Lipinski definition) is 1. The number of ketones is 1. The summed E-state index contributed by atoms with van der Waals surface area (Å²) in [6.45, 7) is 0.144. The number of imidazole rings is 1. The lowest BCUT2D eigenvalue weighted by molar-refractivity contribution is -0.134. The molecular weight excluding hydrogens is 198 g/mol. The quantitative estimate of drug-likeness (QED) is 0.742. The van der Waals surface area contributed by atoms with Crippen molar-refractivity contribution in [1.29, 1.82) is 0 Å². The highest BCUT2D eigenvalue weighted by atomic mass is 16.5. The Morgan fingerprint density at radius 3 is 3.13 bits per heavy atom. The van der Waals surface area contributed by atoms with Gasteiger partial charge in [0, 0.05) is 18.3 Å². The van der Waals surface area contributed by atoms with Crippen LogP contribution < -0.4 is 0 Å². The van der Waals surface area contributed by atoms with E-state index in [9.17, 15) is 9.59 Å². The summed E-state index contributed by atoms with van der Waals surface area (Å²) in [5, 5.41) is 0. The molecule has 2 heterocycles. The summed E-state index contributed by atoms with van der Waals surface area (Å²) in [6.07, 6.45) is 3.19. The van der Waals surface area contributed by atoms with Crippen molar-refractivity contribution in [2.24, 2.45) is 0 Å². The first kappa shape index (κ1) is 9.70. The molecule has 15 heavy (non-hydrogen) atoms. The van der Waals surface area contributed by atoms with Gasteiger partial charge in [0.15, 0.2) is 5.78 Å². The van der Waals surface area contributed by atoms with Gasteiger partial charge in [-0.05, 0) is 0 Å². The molecule has 1 N–H and O–H groups in total. The predicted octanol–water partition coefficient (Wildman–Crippen LogP) is -0.0281. The number of H-pyrrole nitrogens is 1. The molecule has 1 fully saturated rings. The minimum Gasteiger partial charge on any atom is -0.453 e. The fourth-order valence-electron chi connectivity index (χ4n) is 1.58. The van der Waals surface area contributed by atoms with Crippen molar-refractivity contribution in [3.8, 4) is 0 Å². The summed E-state index contributed by atoms with van der Waals surface area (Å²) in [6, 6.07) is -0.405. The maximum Gasteiger partial charge on any atom is 0.410 e. The molecule has 1 saturated heterocycles. The molecule has 1 amide bonds. The lowest BCUT2D eigenvalue weighted by atomic mass is 9.97. The number of hydrogen-bond acceptors (Lipinski definition) is 4. The summed E-state index contributed by atoms with van der Waals surface area (Å²) in [5.41, 5.74) is 0.835. The van der Waals surface area contributed by atoms with Gasteiger partial charge in [0.2, 0.25) is 0 Å². The van der Waals surface area contributed by atoms with E-state index in [0.717, 1.165) is 5.69 Å². The number of amides is 1. The van der Waals surface area contributed by atoms with Crippen molar-refractivity contribution in [2.45, 2.75) is 12.5 Å². The molecule has 80 valence electrons. The summed E-state index contributed by atoms with van der Waals surface area (Å²) in [4.78, 5) is 30.7. The Balaban J connectivity index is 2.01. The molecule has 0 saturated carbocycles. The van der Waals surface area contributed by atoms with E-state index >= 15 is 0 Å². The van der Waals surface area contributed by atoms with E-state index in [2.05, 4.69) is 14.7 Å². The summed E-state index contributed by atoms with van der Waals surface area (Å²) in [5.74, 6) is 0.0509. The Labute approximate surface area is 86.2 Å². The van der Waals surface area contributed by atoms with Gasteiger partial charge in [0.1, 0.15) is 6.04 Å². The fourth-order valence-corrected chi connectivity index (χ4v) is 1.58. The van der Waals surface area contributed by atoms with E-state index in [1.807, 2.05) is 0 Å². The molecule has 1 aliphatic rings. The average Bonchev–Trinajstić information content (AvgIpc) is 2.74. The lowest BCUT2D eigenvalue weighted by Gasteiger charge is -2.37. The normalized spacial score (nSPS) is 19.9. The Hall–Kier alpha value is -1.85. The molecule has 1 aromatic rings. The minimum atomic E-state index is -0.459. The van der Waals surface area contributed by atoms with Crippen molar-refractivity contribution in [2.75, 3.05) is 13.7 Å². The van der Waals surface area contributed by atoms with Crippen LogP contribution in [0.15, 0.2) is 12.5 Å². The van der Waals surface area contributed by atoms with Crippen LogP contribution in [0.4, 0.5) is 4.79 Å². The Bertz CT molecular complexity index is 374. The summed E-state index contributed by atoms with van der Waals surface area (Å²) in [7, 11) is 1.30. The molecule has 1 aromatic heterocycles. The predicted molar refractivity (Wildman–Crippen MR) is 50.2 cm³/mol. The number of rotatable bonds is 2. The zero-order chi connectivity index (χ0) is 10.8. The molecule has 1 atom stereocenters. The van der Waals surface area contributed by atoms with Gasteiger partial charge in [-0.15, -0.1) is 0 Å². The van der Waals surface area contributed by atoms with Crippen molar-refractivity contribution in [1.82, 2.24) is 14.9 Å². The van der Waals surface area contributed by atoms with E-state index in [0.29, 0.717) is 6.42 Å². The zero-order valence-corrected chi connectivity index (χ0v) is 8.27. The molecule has 0 spiro atoms. The van der Waals surface area contributed by atoms with Crippen LogP contribution >= 0.6 is 0 Å². The Kier molecular flexibility index (Phi) is 2.40. The summed E-state index contributed by atoms with van der Waals surface area (Å²) >= 11 is 0. The number of aromatic amines is 1. The number of nitrogens with zero attached hydrogens (tertiary/aromatic N) is 2. The monoisotopic (exact) mass is 209 g/mol. The second-order valence-corrected chi connectivity index (χ2v) is 3.36. The number of nitrogens with one attached hydrogen (secondary N) is 1. The number of methoxy groups -OCH3 is 1. The van der Waals surface area contributed by atoms with E-state index in [-0.39, 0.29) is 12.3 Å². The molecule has 0 radical (unpaired) electrons. The average molecular weight is 209 g/mol. The number of carbonyl (C=O) groups is 2. The van der Waals surface area contributed by atoms with E-state index < -0.39 is 12.1 Å². The third-order valence-electron chi connectivity index (χ3n) is 2.45. The van der Waals surface area contributed by atoms with Gasteiger partial charge in [-0.3, -0.25) is 9.69 Å². The Morgan fingerprint density at radius 1 is 1.80 bits per heavy atom. The first-order chi connectivity index (χ1) is 7.22. The second kappa shape index (κ2) is 3.72. The minimum absolute atomic E-state index is 0.0509. The van der Waals surface area contributed by atoms with E-state index in [4.69, 9.17) is 0 Å². The topological polar surface area (TPSA) is 75.3 Å². The molecule has 6 nitrogen and oxygen atoms in total. The van der Waals surface area contributed by atoms with E-state index in [1.54, 1.807) is 12.5 Å². The molecule has 0 aromatic carbocycles. The number of Topliss-reactive ketones (excluding diaryl/α,β-unsaturated/α-hetero) is 1. The molecule has 6 heteroatoms. The first-order valence-electron chi connectivity index (χ1n) is 4.57. The molecule has 1 aliphatic heterocycles. The van der Waals surface area contributed by atoms with Crippen LogP contribution in [0.1, 0.15) is 5.69 Å². The number of aromatic nitrogens is 2. The van der Waals surface area contributed by atoms with Crippen molar-refractivity contribution in [3.63, 3.8) is 0 Å². The number of ether oxygens (including phenoxy) is 1. The van der Waals surface area contributed by atoms with Crippen LogP contribution in [-0.4, -0.2) is 46.4 Å². The van der Waals surface area contributed by atoms with Gasteiger partial charge in [0.05, 0.1) is 20.0 Å². The Morgan fingerprint density at radius 2 is 2.60 bits per heavy atom. The van der Waals surface area contributed by atoms with Gasteiger partial charge in [0.25, 0.3) is 0 Å². The molecule has 0 bridgehead atoms. The standard InChI is InChI=1S/C9H11N3O3/c1-15-9(14)12-4-8(13)7(12)2-6-3-10-5-11-6/h3,5,7H,2,4H2,1H3,(H,10,11)/t7-/m0/s1. The van der Waals surface area contributed by atoms with Gasteiger partial charge < -0.3 is 9.72 Å². The van der Waals surface area contributed by atoms with Crippen LogP contribution in [0.25, 0.3) is 0 Å². The third kappa shape index (κ3) is 1.70. The second-order valence-electron chi connectivity index (χ2n) is 3.36. The van der Waals surface area contributed by atoms with Gasteiger partial charge in [-0.25, -0.2) is 9.78 Å². The highest BCUT2D eigenvalue weighted by Crippen LogP contribution is 2.18. The highest BCUT2D eigenvalue weighted by molar-refractivity contribution is 5.97. The van der Waals surface area contributed by atoms with Crippen LogP contribution in [0, 0.1) is 0 Å². The van der Waals surface area contributed by atoms with E-state index in [1.165, 1.54) is 12.0 Å². The smallest absolute Gasteiger partial charge is 0.410 e.